The summed E-state index contributed by atoms with van der Waals surface area (Å²) in [5.74, 6) is -0.379. The second-order valence-electron chi connectivity index (χ2n) is 5.61. The van der Waals surface area contributed by atoms with E-state index in [0.29, 0.717) is 12.1 Å². The number of amides is 1. The van der Waals surface area contributed by atoms with Crippen LogP contribution in [-0.2, 0) is 4.79 Å². The van der Waals surface area contributed by atoms with Crippen LogP contribution in [0.5, 0.6) is 0 Å². The molecule has 2 atom stereocenters. The van der Waals surface area contributed by atoms with Gasteiger partial charge in [-0.2, -0.15) is 5.10 Å². The molecule has 0 spiro atoms. The molecule has 1 fully saturated rings. The summed E-state index contributed by atoms with van der Waals surface area (Å²) in [7, 11) is 0. The normalized spacial score (nSPS) is 20.1. The zero-order chi connectivity index (χ0) is 15.5. The quantitative estimate of drug-likeness (QED) is 0.894. The van der Waals surface area contributed by atoms with E-state index in [4.69, 9.17) is 5.73 Å². The molecular formula is C15H19ClFN5O. The number of halogens is 2. The largest absolute Gasteiger partial charge is 0.327 e. The lowest BCUT2D eigenvalue weighted by atomic mass is 10.00. The second kappa shape index (κ2) is 7.52. The lowest BCUT2D eigenvalue weighted by molar-refractivity contribution is -0.117. The summed E-state index contributed by atoms with van der Waals surface area (Å²) in [4.78, 5) is 15.8. The first-order valence-corrected chi connectivity index (χ1v) is 7.33. The number of hydrogen-bond donors (Lipinski definition) is 2. The van der Waals surface area contributed by atoms with Gasteiger partial charge in [0.05, 0.1) is 0 Å². The predicted octanol–water partition coefficient (Wildman–Crippen LogP) is 2.28. The summed E-state index contributed by atoms with van der Waals surface area (Å²) in [5.41, 5.74) is 6.68. The van der Waals surface area contributed by atoms with E-state index in [-0.39, 0.29) is 36.0 Å². The fraction of sp³-hybridized carbons (Fsp3) is 0.400. The SMILES string of the molecule is Cl.N[C@@H]1CCC[C@H]1CC(=O)Nc1ccc(-n2cncn2)c(F)c1. The van der Waals surface area contributed by atoms with E-state index in [9.17, 15) is 9.18 Å². The number of anilines is 1. The average Bonchev–Trinajstić information content (AvgIpc) is 3.12. The third-order valence-electron chi connectivity index (χ3n) is 4.06. The number of aromatic nitrogens is 3. The number of rotatable bonds is 4. The van der Waals surface area contributed by atoms with Crippen LogP contribution in [-0.4, -0.2) is 26.7 Å². The summed E-state index contributed by atoms with van der Waals surface area (Å²) in [6.07, 6.45) is 6.15. The summed E-state index contributed by atoms with van der Waals surface area (Å²) >= 11 is 0. The average molecular weight is 340 g/mol. The molecule has 3 rings (SSSR count). The van der Waals surface area contributed by atoms with Crippen molar-refractivity contribution in [2.24, 2.45) is 11.7 Å². The summed E-state index contributed by atoms with van der Waals surface area (Å²) in [6.45, 7) is 0. The first-order valence-electron chi connectivity index (χ1n) is 7.33. The maximum atomic E-state index is 14.1. The first kappa shape index (κ1) is 17.4. The van der Waals surface area contributed by atoms with Crippen LogP contribution in [0.25, 0.3) is 5.69 Å². The van der Waals surface area contributed by atoms with Gasteiger partial charge in [0.25, 0.3) is 0 Å². The number of nitrogens with zero attached hydrogens (tertiary/aromatic N) is 3. The summed E-state index contributed by atoms with van der Waals surface area (Å²) in [5, 5.41) is 6.60. The Morgan fingerprint density at radius 2 is 2.26 bits per heavy atom. The molecule has 1 aliphatic carbocycles. The van der Waals surface area contributed by atoms with Gasteiger partial charge < -0.3 is 11.1 Å². The van der Waals surface area contributed by atoms with Crippen molar-refractivity contribution in [2.45, 2.75) is 31.7 Å². The van der Waals surface area contributed by atoms with Crippen molar-refractivity contribution in [3.63, 3.8) is 0 Å². The lowest BCUT2D eigenvalue weighted by Gasteiger charge is -2.15. The smallest absolute Gasteiger partial charge is 0.224 e. The van der Waals surface area contributed by atoms with Crippen molar-refractivity contribution in [3.8, 4) is 5.69 Å². The number of carbonyl (C=O) groups is 1. The highest BCUT2D eigenvalue weighted by atomic mass is 35.5. The van der Waals surface area contributed by atoms with Crippen LogP contribution in [0.2, 0.25) is 0 Å². The number of benzene rings is 1. The molecule has 1 heterocycles. The molecule has 23 heavy (non-hydrogen) atoms. The van der Waals surface area contributed by atoms with Crippen LogP contribution in [0.3, 0.4) is 0 Å². The maximum Gasteiger partial charge on any atom is 0.224 e. The molecule has 124 valence electrons. The minimum atomic E-state index is -0.471. The Hall–Kier alpha value is -1.99. The number of hydrogen-bond acceptors (Lipinski definition) is 4. The Morgan fingerprint density at radius 3 is 2.87 bits per heavy atom. The molecule has 3 N–H and O–H groups in total. The third kappa shape index (κ3) is 4.05. The van der Waals surface area contributed by atoms with Gasteiger partial charge in [-0.15, -0.1) is 12.4 Å². The fourth-order valence-electron chi connectivity index (χ4n) is 2.87. The molecule has 0 unspecified atom stereocenters. The zero-order valence-electron chi connectivity index (χ0n) is 12.5. The van der Waals surface area contributed by atoms with E-state index in [1.54, 1.807) is 12.1 Å². The Kier molecular flexibility index (Phi) is 5.68. The molecule has 6 nitrogen and oxygen atoms in total. The minimum absolute atomic E-state index is 0. The molecule has 8 heteroatoms. The number of nitrogens with one attached hydrogen (secondary N) is 1. The molecule has 0 bridgehead atoms. The second-order valence-corrected chi connectivity index (χ2v) is 5.61. The number of carbonyl (C=O) groups excluding carboxylic acids is 1. The van der Waals surface area contributed by atoms with Gasteiger partial charge >= 0.3 is 0 Å². The van der Waals surface area contributed by atoms with Crippen molar-refractivity contribution >= 4 is 24.0 Å². The van der Waals surface area contributed by atoms with Gasteiger partial charge in [0.2, 0.25) is 5.91 Å². The maximum absolute atomic E-state index is 14.1. The van der Waals surface area contributed by atoms with E-state index >= 15 is 0 Å². The molecule has 1 aromatic carbocycles. The van der Waals surface area contributed by atoms with E-state index < -0.39 is 5.82 Å². The van der Waals surface area contributed by atoms with Crippen LogP contribution in [0, 0.1) is 11.7 Å². The van der Waals surface area contributed by atoms with Crippen LogP contribution < -0.4 is 11.1 Å². The standard InChI is InChI=1S/C15H18FN5O.ClH/c16-12-7-11(4-5-14(12)21-9-18-8-19-21)20-15(22)6-10-2-1-3-13(10)17;/h4-5,7-10,13H,1-3,6,17H2,(H,20,22);1H/t10-,13+;/m0./s1. The van der Waals surface area contributed by atoms with Crippen molar-refractivity contribution in [3.05, 3.63) is 36.7 Å². The molecule has 0 aliphatic heterocycles. The Morgan fingerprint density at radius 1 is 1.43 bits per heavy atom. The highest BCUT2D eigenvalue weighted by Crippen LogP contribution is 2.27. The van der Waals surface area contributed by atoms with Gasteiger partial charge in [0.15, 0.2) is 5.82 Å². The van der Waals surface area contributed by atoms with E-state index in [1.165, 1.54) is 23.4 Å². The molecule has 1 amide bonds. The van der Waals surface area contributed by atoms with Crippen LogP contribution >= 0.6 is 12.4 Å². The minimum Gasteiger partial charge on any atom is -0.327 e. The molecule has 1 aliphatic rings. The van der Waals surface area contributed by atoms with Crippen molar-refractivity contribution in [1.29, 1.82) is 0 Å². The first-order chi connectivity index (χ1) is 10.6. The van der Waals surface area contributed by atoms with Gasteiger partial charge in [-0.25, -0.2) is 14.1 Å². The highest BCUT2D eigenvalue weighted by Gasteiger charge is 2.26. The van der Waals surface area contributed by atoms with Crippen LogP contribution in [0.4, 0.5) is 10.1 Å². The zero-order valence-corrected chi connectivity index (χ0v) is 13.3. The van der Waals surface area contributed by atoms with Crippen molar-refractivity contribution in [2.75, 3.05) is 5.32 Å². The van der Waals surface area contributed by atoms with E-state index in [1.807, 2.05) is 0 Å². The van der Waals surface area contributed by atoms with Crippen molar-refractivity contribution in [1.82, 2.24) is 14.8 Å². The Bertz CT molecular complexity index is 664. The van der Waals surface area contributed by atoms with E-state index in [0.717, 1.165) is 19.3 Å². The number of nitrogens with two attached hydrogens (primary N) is 1. The third-order valence-corrected chi connectivity index (χ3v) is 4.06. The van der Waals surface area contributed by atoms with Gasteiger partial charge in [-0.3, -0.25) is 4.79 Å². The van der Waals surface area contributed by atoms with Gasteiger partial charge in [-0.05, 0) is 37.0 Å². The molecule has 1 saturated carbocycles. The Balaban J connectivity index is 0.00000192. The summed E-state index contributed by atoms with van der Waals surface area (Å²) in [6, 6.07) is 4.58. The monoisotopic (exact) mass is 339 g/mol. The topological polar surface area (TPSA) is 85.8 Å². The fourth-order valence-corrected chi connectivity index (χ4v) is 2.87. The molecule has 0 saturated heterocycles. The van der Waals surface area contributed by atoms with Crippen molar-refractivity contribution < 1.29 is 9.18 Å². The van der Waals surface area contributed by atoms with Crippen LogP contribution in [0.15, 0.2) is 30.9 Å². The van der Waals surface area contributed by atoms with Gasteiger partial charge in [0.1, 0.15) is 18.3 Å². The predicted molar refractivity (Wildman–Crippen MR) is 87.1 cm³/mol. The highest BCUT2D eigenvalue weighted by molar-refractivity contribution is 5.91. The van der Waals surface area contributed by atoms with Gasteiger partial charge in [-0.1, -0.05) is 6.42 Å². The molecular weight excluding hydrogens is 321 g/mol. The van der Waals surface area contributed by atoms with Crippen LogP contribution in [0.1, 0.15) is 25.7 Å². The molecule has 2 aromatic rings. The molecule has 1 aromatic heterocycles. The van der Waals surface area contributed by atoms with E-state index in [2.05, 4.69) is 15.4 Å². The van der Waals surface area contributed by atoms with Gasteiger partial charge in [0, 0.05) is 18.2 Å². The Labute approximate surface area is 139 Å². The molecule has 0 radical (unpaired) electrons. The summed E-state index contributed by atoms with van der Waals surface area (Å²) < 4.78 is 15.4. The lowest BCUT2D eigenvalue weighted by Crippen LogP contribution is -2.28.